The summed E-state index contributed by atoms with van der Waals surface area (Å²) in [6.07, 6.45) is -2.26. The molecule has 0 saturated heterocycles. The maximum atomic E-state index is 13.2. The molecule has 0 spiro atoms. The minimum absolute atomic E-state index is 0.281. The molecule has 0 bridgehead atoms. The zero-order valence-corrected chi connectivity index (χ0v) is 7.86. The van der Waals surface area contributed by atoms with Crippen molar-refractivity contribution >= 4 is 0 Å². The van der Waals surface area contributed by atoms with Gasteiger partial charge in [-0.15, -0.1) is 0 Å². The first-order valence-corrected chi connectivity index (χ1v) is 4.33. The molecular formula is C10H12F3N. The number of alkyl halides is 2. The van der Waals surface area contributed by atoms with Gasteiger partial charge in [-0.05, 0) is 37.1 Å². The van der Waals surface area contributed by atoms with E-state index in [0.29, 0.717) is 18.5 Å². The molecule has 0 fully saturated rings. The summed E-state index contributed by atoms with van der Waals surface area (Å²) < 4.78 is 37.8. The van der Waals surface area contributed by atoms with Gasteiger partial charge in [-0.25, -0.2) is 13.2 Å². The summed E-state index contributed by atoms with van der Waals surface area (Å²) in [5, 5.41) is 0. The second kappa shape index (κ2) is 4.46. The molecule has 0 unspecified atom stereocenters. The van der Waals surface area contributed by atoms with Gasteiger partial charge in [0.1, 0.15) is 5.82 Å². The third kappa shape index (κ3) is 2.26. The van der Waals surface area contributed by atoms with E-state index in [-0.39, 0.29) is 5.56 Å². The Kier molecular flexibility index (Phi) is 3.52. The lowest BCUT2D eigenvalue weighted by molar-refractivity contribution is 0.145. The van der Waals surface area contributed by atoms with Gasteiger partial charge >= 0.3 is 0 Å². The molecular weight excluding hydrogens is 191 g/mol. The van der Waals surface area contributed by atoms with Crippen LogP contribution in [-0.2, 0) is 6.42 Å². The van der Waals surface area contributed by atoms with Crippen LogP contribution in [0, 0.1) is 12.7 Å². The maximum absolute atomic E-state index is 13.2. The van der Waals surface area contributed by atoms with Crippen LogP contribution in [-0.4, -0.2) is 6.54 Å². The van der Waals surface area contributed by atoms with Crippen LogP contribution in [0.15, 0.2) is 12.1 Å². The van der Waals surface area contributed by atoms with E-state index in [1.165, 1.54) is 6.92 Å². The fourth-order valence-electron chi connectivity index (χ4n) is 1.41. The number of hydrogen-bond acceptors (Lipinski definition) is 1. The summed E-state index contributed by atoms with van der Waals surface area (Å²) in [6, 6.07) is 2.68. The zero-order valence-electron chi connectivity index (χ0n) is 7.86. The minimum Gasteiger partial charge on any atom is -0.330 e. The lowest BCUT2D eigenvalue weighted by Crippen LogP contribution is -2.05. The first-order valence-electron chi connectivity index (χ1n) is 4.33. The van der Waals surface area contributed by atoms with E-state index in [4.69, 9.17) is 5.73 Å². The van der Waals surface area contributed by atoms with E-state index in [1.54, 1.807) is 6.07 Å². The molecule has 14 heavy (non-hydrogen) atoms. The summed E-state index contributed by atoms with van der Waals surface area (Å²) in [5.74, 6) is -0.844. The number of nitrogens with two attached hydrogens (primary N) is 1. The third-order valence-corrected chi connectivity index (χ3v) is 2.05. The molecule has 4 heteroatoms. The summed E-state index contributed by atoms with van der Waals surface area (Å²) in [5.41, 5.74) is 5.72. The molecule has 2 N–H and O–H groups in total. The first-order chi connectivity index (χ1) is 6.56. The molecule has 0 radical (unpaired) electrons. The number of rotatable bonds is 3. The van der Waals surface area contributed by atoms with E-state index < -0.39 is 17.8 Å². The van der Waals surface area contributed by atoms with Gasteiger partial charge in [-0.2, -0.15) is 0 Å². The molecule has 0 heterocycles. The summed E-state index contributed by atoms with van der Waals surface area (Å²) in [7, 11) is 0. The van der Waals surface area contributed by atoms with Gasteiger partial charge in [0.2, 0.25) is 0 Å². The molecule has 0 saturated carbocycles. The quantitative estimate of drug-likeness (QED) is 0.802. The Balaban J connectivity index is 3.11. The summed E-state index contributed by atoms with van der Waals surface area (Å²) >= 11 is 0. The third-order valence-electron chi connectivity index (χ3n) is 2.05. The Labute approximate surface area is 80.7 Å². The van der Waals surface area contributed by atoms with Crippen molar-refractivity contribution < 1.29 is 13.2 Å². The summed E-state index contributed by atoms with van der Waals surface area (Å²) in [6.45, 7) is 1.86. The maximum Gasteiger partial charge on any atom is 0.266 e. The average molecular weight is 203 g/mol. The molecule has 1 aromatic rings. The number of hydrogen-bond donors (Lipinski definition) is 1. The Hall–Kier alpha value is -1.03. The molecule has 0 aliphatic heterocycles. The predicted octanol–water partition coefficient (Wildman–Crippen LogP) is 2.57. The highest BCUT2D eigenvalue weighted by atomic mass is 19.3. The van der Waals surface area contributed by atoms with Crippen molar-refractivity contribution in [3.05, 3.63) is 34.6 Å². The van der Waals surface area contributed by atoms with Crippen molar-refractivity contribution in [1.29, 1.82) is 0 Å². The monoisotopic (exact) mass is 203 g/mol. The van der Waals surface area contributed by atoms with Crippen molar-refractivity contribution in [3.8, 4) is 0 Å². The Morgan fingerprint density at radius 3 is 2.43 bits per heavy atom. The average Bonchev–Trinajstić information content (AvgIpc) is 2.01. The van der Waals surface area contributed by atoms with Gasteiger partial charge < -0.3 is 5.73 Å². The van der Waals surface area contributed by atoms with E-state index in [1.807, 2.05) is 0 Å². The van der Waals surface area contributed by atoms with Crippen LogP contribution in [0.3, 0.4) is 0 Å². The molecule has 0 aromatic heterocycles. The van der Waals surface area contributed by atoms with Crippen LogP contribution in [0.4, 0.5) is 13.2 Å². The first kappa shape index (κ1) is 11.0. The SMILES string of the molecule is Cc1cc(CCN)cc(F)c1C(F)F. The fraction of sp³-hybridized carbons (Fsp3) is 0.400. The topological polar surface area (TPSA) is 26.0 Å². The van der Waals surface area contributed by atoms with Crippen LogP contribution in [0.5, 0.6) is 0 Å². The van der Waals surface area contributed by atoms with Crippen molar-refractivity contribution in [3.63, 3.8) is 0 Å². The second-order valence-corrected chi connectivity index (χ2v) is 3.15. The standard InChI is InChI=1S/C10H12F3N/c1-6-4-7(2-3-14)5-8(11)9(6)10(12)13/h4-5,10H,2-3,14H2,1H3. The lowest BCUT2D eigenvalue weighted by Gasteiger charge is -2.08. The van der Waals surface area contributed by atoms with Crippen LogP contribution in [0.2, 0.25) is 0 Å². The lowest BCUT2D eigenvalue weighted by atomic mass is 10.0. The smallest absolute Gasteiger partial charge is 0.266 e. The number of aryl methyl sites for hydroxylation is 1. The minimum atomic E-state index is -2.76. The van der Waals surface area contributed by atoms with Crippen molar-refractivity contribution in [1.82, 2.24) is 0 Å². The molecule has 1 aromatic carbocycles. The molecule has 1 nitrogen and oxygen atoms in total. The highest BCUT2D eigenvalue weighted by Crippen LogP contribution is 2.26. The molecule has 0 atom stereocenters. The molecule has 78 valence electrons. The van der Waals surface area contributed by atoms with Gasteiger partial charge in [-0.1, -0.05) is 6.07 Å². The van der Waals surface area contributed by atoms with Crippen molar-refractivity contribution in [2.45, 2.75) is 19.8 Å². The Morgan fingerprint density at radius 2 is 2.00 bits per heavy atom. The molecule has 1 rings (SSSR count). The van der Waals surface area contributed by atoms with Crippen LogP contribution in [0.25, 0.3) is 0 Å². The van der Waals surface area contributed by atoms with Gasteiger partial charge in [0.25, 0.3) is 6.43 Å². The molecule has 0 aliphatic carbocycles. The van der Waals surface area contributed by atoms with Crippen molar-refractivity contribution in [2.75, 3.05) is 6.54 Å². The summed E-state index contributed by atoms with van der Waals surface area (Å²) in [4.78, 5) is 0. The van der Waals surface area contributed by atoms with Crippen LogP contribution in [0.1, 0.15) is 23.1 Å². The highest BCUT2D eigenvalue weighted by molar-refractivity contribution is 5.33. The van der Waals surface area contributed by atoms with E-state index in [0.717, 1.165) is 6.07 Å². The molecule has 0 aliphatic rings. The highest BCUT2D eigenvalue weighted by Gasteiger charge is 2.16. The van der Waals surface area contributed by atoms with E-state index >= 15 is 0 Å². The predicted molar refractivity (Wildman–Crippen MR) is 48.9 cm³/mol. The van der Waals surface area contributed by atoms with Gasteiger partial charge in [0.05, 0.1) is 5.56 Å². The van der Waals surface area contributed by atoms with E-state index in [9.17, 15) is 13.2 Å². The molecule has 0 amide bonds. The number of halogens is 3. The normalized spacial score (nSPS) is 11.0. The van der Waals surface area contributed by atoms with E-state index in [2.05, 4.69) is 0 Å². The fourth-order valence-corrected chi connectivity index (χ4v) is 1.41. The van der Waals surface area contributed by atoms with Crippen LogP contribution < -0.4 is 5.73 Å². The Morgan fingerprint density at radius 1 is 1.36 bits per heavy atom. The number of benzene rings is 1. The van der Waals surface area contributed by atoms with Crippen molar-refractivity contribution in [2.24, 2.45) is 5.73 Å². The second-order valence-electron chi connectivity index (χ2n) is 3.15. The van der Waals surface area contributed by atoms with Gasteiger partial charge in [-0.3, -0.25) is 0 Å². The Bertz CT molecular complexity index is 300. The van der Waals surface area contributed by atoms with Crippen LogP contribution >= 0.6 is 0 Å². The zero-order chi connectivity index (χ0) is 10.7. The van der Waals surface area contributed by atoms with Gasteiger partial charge in [0.15, 0.2) is 0 Å². The van der Waals surface area contributed by atoms with Gasteiger partial charge in [0, 0.05) is 0 Å². The largest absolute Gasteiger partial charge is 0.330 e.